The quantitative estimate of drug-likeness (QED) is 0.325. The minimum atomic E-state index is -0.400. The molecule has 0 aliphatic carbocycles. The van der Waals surface area contributed by atoms with E-state index in [4.69, 9.17) is 14.2 Å². The number of hydrogen-bond donors (Lipinski definition) is 1. The highest BCUT2D eigenvalue weighted by atomic mass is 127. The molecule has 3 atom stereocenters. The minimum Gasteiger partial charge on any atom is -0.393 e. The molecule has 136 valence electrons. The summed E-state index contributed by atoms with van der Waals surface area (Å²) in [5, 5.41) is 10.1. The fourth-order valence-corrected chi connectivity index (χ4v) is 3.33. The SMILES string of the molecule is C=C(I)C(=C)C[C@H](O)CC[C@@H]1O[C@@H](CCC2OCCCO2)CC1=C. The number of aliphatic hydroxyl groups excluding tert-OH is 1. The Morgan fingerprint density at radius 1 is 1.21 bits per heavy atom. The lowest BCUT2D eigenvalue weighted by Crippen LogP contribution is -2.26. The van der Waals surface area contributed by atoms with E-state index < -0.39 is 6.10 Å². The zero-order valence-corrected chi connectivity index (χ0v) is 16.5. The molecule has 2 rings (SSSR count). The third kappa shape index (κ3) is 6.59. The second kappa shape index (κ2) is 10.1. The van der Waals surface area contributed by atoms with Crippen molar-refractivity contribution in [1.82, 2.24) is 0 Å². The van der Waals surface area contributed by atoms with E-state index >= 15 is 0 Å². The predicted octanol–water partition coefficient (Wildman–Crippen LogP) is 4.28. The second-order valence-electron chi connectivity index (χ2n) is 6.65. The van der Waals surface area contributed by atoms with Gasteiger partial charge in [-0.25, -0.2) is 0 Å². The van der Waals surface area contributed by atoms with Gasteiger partial charge in [0.15, 0.2) is 6.29 Å². The standard InChI is InChI=1S/C19H29IO4/c1-13(15(3)20)11-16(21)5-7-18-14(2)12-17(24-18)6-8-19-22-9-4-10-23-19/h16-19,21H,1-12H2/t16-,17+,18+/m1/s1. The molecular weight excluding hydrogens is 419 g/mol. The lowest BCUT2D eigenvalue weighted by Gasteiger charge is -2.24. The van der Waals surface area contributed by atoms with Crippen molar-refractivity contribution in [3.05, 3.63) is 34.5 Å². The number of allylic oxidation sites excluding steroid dienone is 1. The molecule has 0 unspecified atom stereocenters. The summed E-state index contributed by atoms with van der Waals surface area (Å²) in [7, 11) is 0. The largest absolute Gasteiger partial charge is 0.393 e. The average Bonchev–Trinajstić information content (AvgIpc) is 2.92. The Kier molecular flexibility index (Phi) is 8.43. The molecule has 0 aromatic heterocycles. The van der Waals surface area contributed by atoms with Gasteiger partial charge in [-0.2, -0.15) is 0 Å². The molecule has 2 heterocycles. The Balaban J connectivity index is 1.66. The summed E-state index contributed by atoms with van der Waals surface area (Å²) in [5.41, 5.74) is 2.04. The van der Waals surface area contributed by atoms with Crippen molar-refractivity contribution in [2.24, 2.45) is 0 Å². The van der Waals surface area contributed by atoms with Crippen LogP contribution in [0.15, 0.2) is 34.5 Å². The van der Waals surface area contributed by atoms with E-state index in [0.29, 0.717) is 12.8 Å². The second-order valence-corrected chi connectivity index (χ2v) is 7.96. The summed E-state index contributed by atoms with van der Waals surface area (Å²) in [6.07, 6.45) is 5.49. The van der Waals surface area contributed by atoms with Crippen LogP contribution in [0.3, 0.4) is 0 Å². The zero-order valence-electron chi connectivity index (χ0n) is 14.3. The van der Waals surface area contributed by atoms with Gasteiger partial charge in [0.25, 0.3) is 0 Å². The molecule has 0 saturated carbocycles. The molecule has 0 spiro atoms. The van der Waals surface area contributed by atoms with Crippen LogP contribution in [0.2, 0.25) is 0 Å². The van der Waals surface area contributed by atoms with Crippen molar-refractivity contribution in [2.45, 2.75) is 69.5 Å². The van der Waals surface area contributed by atoms with Crippen LogP contribution < -0.4 is 0 Å². The van der Waals surface area contributed by atoms with Crippen molar-refractivity contribution in [1.29, 1.82) is 0 Å². The Hall–Kier alpha value is -0.210. The molecule has 0 amide bonds. The Labute approximate surface area is 159 Å². The van der Waals surface area contributed by atoms with Gasteiger partial charge in [-0.15, -0.1) is 0 Å². The van der Waals surface area contributed by atoms with Gasteiger partial charge in [-0.1, -0.05) is 19.7 Å². The maximum Gasteiger partial charge on any atom is 0.157 e. The van der Waals surface area contributed by atoms with Crippen LogP contribution in [-0.2, 0) is 14.2 Å². The fraction of sp³-hybridized carbons (Fsp3) is 0.684. The molecule has 0 radical (unpaired) electrons. The van der Waals surface area contributed by atoms with Crippen LogP contribution in [0.4, 0.5) is 0 Å². The number of aliphatic hydroxyl groups is 1. The third-order valence-electron chi connectivity index (χ3n) is 4.55. The Morgan fingerprint density at radius 3 is 2.58 bits per heavy atom. The van der Waals surface area contributed by atoms with E-state index in [-0.39, 0.29) is 18.5 Å². The molecule has 1 N–H and O–H groups in total. The van der Waals surface area contributed by atoms with Gasteiger partial charge in [0, 0.05) is 10.0 Å². The molecule has 2 saturated heterocycles. The molecular formula is C19H29IO4. The van der Waals surface area contributed by atoms with E-state index in [0.717, 1.165) is 60.0 Å². The molecule has 0 bridgehead atoms. The number of halogens is 1. The molecule has 2 aliphatic heterocycles. The minimum absolute atomic E-state index is 0.0499. The predicted molar refractivity (Wildman–Crippen MR) is 104 cm³/mol. The molecule has 2 fully saturated rings. The molecule has 24 heavy (non-hydrogen) atoms. The van der Waals surface area contributed by atoms with Gasteiger partial charge in [0.2, 0.25) is 0 Å². The molecule has 0 aromatic rings. The zero-order chi connectivity index (χ0) is 17.5. The van der Waals surface area contributed by atoms with Gasteiger partial charge in [0.1, 0.15) is 0 Å². The summed E-state index contributed by atoms with van der Waals surface area (Å²) < 4.78 is 18.2. The third-order valence-corrected chi connectivity index (χ3v) is 5.31. The first kappa shape index (κ1) is 20.1. The highest BCUT2D eigenvalue weighted by Gasteiger charge is 2.29. The summed E-state index contributed by atoms with van der Waals surface area (Å²) in [6, 6.07) is 0. The van der Waals surface area contributed by atoms with Gasteiger partial charge >= 0.3 is 0 Å². The molecule has 5 heteroatoms. The van der Waals surface area contributed by atoms with E-state index in [1.54, 1.807) is 0 Å². The van der Waals surface area contributed by atoms with Crippen molar-refractivity contribution >= 4 is 22.6 Å². The van der Waals surface area contributed by atoms with E-state index in [1.165, 1.54) is 0 Å². The first-order valence-corrected chi connectivity index (χ1v) is 9.80. The molecule has 4 nitrogen and oxygen atoms in total. The van der Waals surface area contributed by atoms with Crippen LogP contribution in [0, 0.1) is 0 Å². The first-order valence-electron chi connectivity index (χ1n) is 8.72. The van der Waals surface area contributed by atoms with Crippen LogP contribution in [-0.4, -0.2) is 42.9 Å². The van der Waals surface area contributed by atoms with Crippen molar-refractivity contribution in [3.63, 3.8) is 0 Å². The van der Waals surface area contributed by atoms with E-state index in [2.05, 4.69) is 42.3 Å². The normalized spacial score (nSPS) is 26.5. The summed E-state index contributed by atoms with van der Waals surface area (Å²) >= 11 is 2.14. The molecule has 2 aliphatic rings. The lowest BCUT2D eigenvalue weighted by molar-refractivity contribution is -0.184. The van der Waals surface area contributed by atoms with Crippen LogP contribution in [0.1, 0.15) is 44.9 Å². The van der Waals surface area contributed by atoms with Gasteiger partial charge in [0.05, 0.1) is 31.5 Å². The summed E-state index contributed by atoms with van der Waals surface area (Å²) in [4.78, 5) is 0. The van der Waals surface area contributed by atoms with Crippen molar-refractivity contribution in [3.8, 4) is 0 Å². The fourth-order valence-electron chi connectivity index (χ4n) is 3.11. The number of hydrogen-bond acceptors (Lipinski definition) is 4. The number of rotatable bonds is 9. The van der Waals surface area contributed by atoms with E-state index in [1.807, 2.05) is 0 Å². The summed E-state index contributed by atoms with van der Waals surface area (Å²) in [5.74, 6) is 0. The van der Waals surface area contributed by atoms with Crippen molar-refractivity contribution < 1.29 is 19.3 Å². The average molecular weight is 448 g/mol. The molecule has 0 aromatic carbocycles. The highest BCUT2D eigenvalue weighted by molar-refractivity contribution is 14.1. The Morgan fingerprint density at radius 2 is 1.92 bits per heavy atom. The van der Waals surface area contributed by atoms with Crippen LogP contribution >= 0.6 is 22.6 Å². The Bertz CT molecular complexity index is 456. The van der Waals surface area contributed by atoms with Crippen LogP contribution in [0.5, 0.6) is 0 Å². The number of ether oxygens (including phenoxy) is 3. The van der Waals surface area contributed by atoms with Crippen LogP contribution in [0.25, 0.3) is 0 Å². The van der Waals surface area contributed by atoms with Gasteiger partial charge in [-0.3, -0.25) is 0 Å². The topological polar surface area (TPSA) is 47.9 Å². The van der Waals surface area contributed by atoms with Gasteiger partial charge < -0.3 is 19.3 Å². The maximum atomic E-state index is 10.1. The highest BCUT2D eigenvalue weighted by Crippen LogP contribution is 2.31. The maximum absolute atomic E-state index is 10.1. The first-order chi connectivity index (χ1) is 11.5. The monoisotopic (exact) mass is 448 g/mol. The smallest absolute Gasteiger partial charge is 0.157 e. The summed E-state index contributed by atoms with van der Waals surface area (Å²) in [6.45, 7) is 13.5. The van der Waals surface area contributed by atoms with Gasteiger partial charge in [-0.05, 0) is 72.3 Å². The van der Waals surface area contributed by atoms with E-state index in [9.17, 15) is 5.11 Å². The lowest BCUT2D eigenvalue weighted by atomic mass is 9.99. The van der Waals surface area contributed by atoms with Crippen molar-refractivity contribution in [2.75, 3.05) is 13.2 Å².